The van der Waals surface area contributed by atoms with Gasteiger partial charge in [0.15, 0.2) is 0 Å². The van der Waals surface area contributed by atoms with Crippen molar-refractivity contribution < 1.29 is 23.1 Å². The number of carbonyl (C=O) groups excluding carboxylic acids is 1. The molecule has 3 aromatic rings. The smallest absolute Gasteiger partial charge is 0.326 e. The highest BCUT2D eigenvalue weighted by atomic mass is 35.5. The molecule has 2 heterocycles. The molecule has 0 unspecified atom stereocenters. The lowest BCUT2D eigenvalue weighted by Gasteiger charge is -2.39. The highest BCUT2D eigenvalue weighted by molar-refractivity contribution is 7.90. The number of hydrogen-bond acceptors (Lipinski definition) is 7. The van der Waals surface area contributed by atoms with Crippen LogP contribution in [0.25, 0.3) is 0 Å². The lowest BCUT2D eigenvalue weighted by molar-refractivity contribution is 0.122. The Morgan fingerprint density at radius 3 is 2.11 bits per heavy atom. The summed E-state index contributed by atoms with van der Waals surface area (Å²) < 4.78 is 29.7. The Morgan fingerprint density at radius 2 is 1.55 bits per heavy atom. The summed E-state index contributed by atoms with van der Waals surface area (Å²) in [5, 5.41) is 11.3. The molecule has 1 saturated heterocycles. The zero-order chi connectivity index (χ0) is 33.9. The van der Waals surface area contributed by atoms with Crippen LogP contribution in [0.1, 0.15) is 55.1 Å². The number of rotatable bonds is 10. The molecule has 2 atom stereocenters. The predicted octanol–water partition coefficient (Wildman–Crippen LogP) is 5.99. The summed E-state index contributed by atoms with van der Waals surface area (Å²) in [5.41, 5.74) is 2.82. The van der Waals surface area contributed by atoms with Crippen LogP contribution in [0.5, 0.6) is 5.75 Å². The molecule has 5 rings (SSSR count). The summed E-state index contributed by atoms with van der Waals surface area (Å²) in [6.45, 7) is 8.60. The minimum absolute atomic E-state index is 0.0447. The van der Waals surface area contributed by atoms with Gasteiger partial charge < -0.3 is 14.7 Å². The number of nitrogens with zero attached hydrogens (tertiary/aromatic N) is 4. The van der Waals surface area contributed by atoms with E-state index < -0.39 is 27.3 Å². The first kappa shape index (κ1) is 35.2. The van der Waals surface area contributed by atoms with Crippen molar-refractivity contribution in [2.45, 2.75) is 38.3 Å². The molecule has 3 aromatic carbocycles. The molecule has 1 fully saturated rings. The number of aliphatic hydroxyl groups is 1. The van der Waals surface area contributed by atoms with Crippen LogP contribution in [0.2, 0.25) is 10.0 Å². The van der Waals surface area contributed by atoms with E-state index in [2.05, 4.69) is 4.90 Å². The Balaban J connectivity index is 1.61. The number of halogens is 2. The maximum atomic E-state index is 14.8. The average molecular weight is 702 g/mol. The molecular weight excluding hydrogens is 659 g/mol. The predicted molar refractivity (Wildman–Crippen MR) is 188 cm³/mol. The molecule has 0 aromatic heterocycles. The fourth-order valence-corrected chi connectivity index (χ4v) is 6.80. The van der Waals surface area contributed by atoms with Crippen molar-refractivity contribution in [3.63, 3.8) is 0 Å². The van der Waals surface area contributed by atoms with E-state index in [1.807, 2.05) is 92.4 Å². The van der Waals surface area contributed by atoms with Gasteiger partial charge in [-0.1, -0.05) is 67.4 Å². The largest absolute Gasteiger partial charge is 0.493 e. The quantitative estimate of drug-likeness (QED) is 0.279. The van der Waals surface area contributed by atoms with Gasteiger partial charge in [-0.2, -0.15) is 0 Å². The van der Waals surface area contributed by atoms with E-state index in [0.29, 0.717) is 66.5 Å². The van der Waals surface area contributed by atoms with Crippen molar-refractivity contribution >= 4 is 44.9 Å². The summed E-state index contributed by atoms with van der Waals surface area (Å²) in [5.74, 6) is 1.13. The van der Waals surface area contributed by atoms with Gasteiger partial charge >= 0.3 is 6.03 Å². The first-order chi connectivity index (χ1) is 22.3. The fraction of sp³-hybridized carbons (Fsp3) is 0.429. The van der Waals surface area contributed by atoms with Gasteiger partial charge in [-0.25, -0.2) is 13.2 Å². The number of piperazine rings is 1. The first-order valence-electron chi connectivity index (χ1n) is 15.8. The Hall–Kier alpha value is -3.15. The van der Waals surface area contributed by atoms with Gasteiger partial charge in [0.1, 0.15) is 27.5 Å². The number of benzene rings is 3. The molecule has 0 saturated carbocycles. The van der Waals surface area contributed by atoms with Crippen LogP contribution >= 0.6 is 23.2 Å². The van der Waals surface area contributed by atoms with E-state index in [-0.39, 0.29) is 18.4 Å². The highest BCUT2D eigenvalue weighted by Gasteiger charge is 2.45. The molecule has 0 spiro atoms. The van der Waals surface area contributed by atoms with Gasteiger partial charge in [-0.15, -0.1) is 0 Å². The van der Waals surface area contributed by atoms with E-state index in [0.717, 1.165) is 16.7 Å². The van der Waals surface area contributed by atoms with E-state index in [1.165, 1.54) is 6.26 Å². The van der Waals surface area contributed by atoms with Gasteiger partial charge in [0.25, 0.3) is 0 Å². The second-order valence-electron chi connectivity index (χ2n) is 12.7. The van der Waals surface area contributed by atoms with E-state index in [4.69, 9.17) is 32.9 Å². The third-order valence-corrected chi connectivity index (χ3v) is 10.2. The maximum absolute atomic E-state index is 14.8. The monoisotopic (exact) mass is 700 g/mol. The number of urea groups is 1. The summed E-state index contributed by atoms with van der Waals surface area (Å²) >= 11 is 12.6. The minimum Gasteiger partial charge on any atom is -0.493 e. The Kier molecular flexibility index (Phi) is 10.9. The molecule has 47 heavy (non-hydrogen) atoms. The van der Waals surface area contributed by atoms with Crippen molar-refractivity contribution in [3.05, 3.63) is 99.0 Å². The Bertz CT molecular complexity index is 1710. The standard InChI is InChI=1S/C35H42Cl2N4O5S/c1-5-46-30-22-26(35(2,3)23-42)10-15-29(30)33-38-31(24-6-11-27(36)12-7-24)32(25-8-13-28(37)14-9-25)41(33)34(43)40-18-16-39(17-19-40)20-21-47(4,44)45/h6-15,22,31-32,42H,5,16-21,23H2,1-4H3/t31-,32+/m0/s1. The molecule has 2 amide bonds. The maximum Gasteiger partial charge on any atom is 0.326 e. The number of aliphatic hydroxyl groups excluding tert-OH is 1. The van der Waals surface area contributed by atoms with Crippen molar-refractivity contribution in [3.8, 4) is 5.75 Å². The summed E-state index contributed by atoms with van der Waals surface area (Å²) in [6.07, 6.45) is 1.24. The number of hydrogen-bond donors (Lipinski definition) is 1. The normalized spacial score (nSPS) is 19.2. The van der Waals surface area contributed by atoms with Gasteiger partial charge in [-0.05, 0) is 60.0 Å². The van der Waals surface area contributed by atoms with Crippen molar-refractivity contribution in [2.24, 2.45) is 4.99 Å². The highest BCUT2D eigenvalue weighted by Crippen LogP contribution is 2.46. The lowest BCUT2D eigenvalue weighted by Crippen LogP contribution is -2.54. The topological polar surface area (TPSA) is 103 Å². The summed E-state index contributed by atoms with van der Waals surface area (Å²) in [7, 11) is -3.09. The third-order valence-electron chi connectivity index (χ3n) is 8.82. The second-order valence-corrected chi connectivity index (χ2v) is 15.9. The zero-order valence-electron chi connectivity index (χ0n) is 27.2. The molecular formula is C35H42Cl2N4O5S. The summed E-state index contributed by atoms with van der Waals surface area (Å²) in [6, 6.07) is 19.6. The van der Waals surface area contributed by atoms with E-state index >= 15 is 0 Å². The van der Waals surface area contributed by atoms with Crippen LogP contribution < -0.4 is 4.74 Å². The number of amidine groups is 1. The molecule has 0 bridgehead atoms. The zero-order valence-corrected chi connectivity index (χ0v) is 29.5. The number of aliphatic imine (C=N–C) groups is 1. The van der Waals surface area contributed by atoms with Crippen LogP contribution in [0.3, 0.4) is 0 Å². The van der Waals surface area contributed by atoms with Crippen molar-refractivity contribution in [1.82, 2.24) is 14.7 Å². The number of sulfone groups is 1. The van der Waals surface area contributed by atoms with Gasteiger partial charge in [0.2, 0.25) is 0 Å². The van der Waals surface area contributed by atoms with Crippen LogP contribution in [0.4, 0.5) is 4.79 Å². The van der Waals surface area contributed by atoms with E-state index in [1.54, 1.807) is 4.90 Å². The van der Waals surface area contributed by atoms with Crippen molar-refractivity contribution in [2.75, 3.05) is 57.9 Å². The van der Waals surface area contributed by atoms with Gasteiger partial charge in [0.05, 0.1) is 30.6 Å². The lowest BCUT2D eigenvalue weighted by atomic mass is 9.85. The van der Waals surface area contributed by atoms with Crippen LogP contribution in [-0.4, -0.2) is 98.0 Å². The molecule has 252 valence electrons. The molecule has 1 N–H and O–H groups in total. The second kappa shape index (κ2) is 14.5. The SMILES string of the molecule is CCOc1cc(C(C)(C)CO)ccc1C1=N[C@@H](c2ccc(Cl)cc2)[C@@H](c2ccc(Cl)cc2)N1C(=O)N1CCN(CCS(C)(=O)=O)CC1. The number of carbonyl (C=O) groups is 1. The number of amides is 2. The molecule has 2 aliphatic heterocycles. The number of ether oxygens (including phenoxy) is 1. The van der Waals surface area contributed by atoms with Gasteiger partial charge in [0, 0.05) is 54.4 Å². The molecule has 9 nitrogen and oxygen atoms in total. The van der Waals surface area contributed by atoms with Crippen LogP contribution in [0.15, 0.2) is 71.7 Å². The molecule has 12 heteroatoms. The first-order valence-corrected chi connectivity index (χ1v) is 18.6. The Morgan fingerprint density at radius 1 is 0.957 bits per heavy atom. The third kappa shape index (κ3) is 8.12. The summed E-state index contributed by atoms with van der Waals surface area (Å²) in [4.78, 5) is 25.7. The van der Waals surface area contributed by atoms with E-state index in [9.17, 15) is 18.3 Å². The molecule has 0 radical (unpaired) electrons. The Labute approximate surface area is 287 Å². The van der Waals surface area contributed by atoms with Gasteiger partial charge in [-0.3, -0.25) is 14.8 Å². The fourth-order valence-electron chi connectivity index (χ4n) is 5.96. The van der Waals surface area contributed by atoms with Crippen LogP contribution in [-0.2, 0) is 15.3 Å². The van der Waals surface area contributed by atoms with Crippen molar-refractivity contribution in [1.29, 1.82) is 0 Å². The van der Waals surface area contributed by atoms with Crippen LogP contribution in [0, 0.1) is 0 Å². The molecule has 0 aliphatic carbocycles. The minimum atomic E-state index is -3.09. The molecule has 2 aliphatic rings. The average Bonchev–Trinajstić information content (AvgIpc) is 3.44.